The van der Waals surface area contributed by atoms with Crippen LogP contribution in [0.1, 0.15) is 48.1 Å². The van der Waals surface area contributed by atoms with Gasteiger partial charge >= 0.3 is 0 Å². The van der Waals surface area contributed by atoms with Crippen molar-refractivity contribution in [3.63, 3.8) is 0 Å². The molecule has 0 fully saturated rings. The van der Waals surface area contributed by atoms with Crippen LogP contribution in [0.5, 0.6) is 11.5 Å². The first kappa shape index (κ1) is 17.5. The van der Waals surface area contributed by atoms with E-state index in [2.05, 4.69) is 39.8 Å². The van der Waals surface area contributed by atoms with E-state index in [1.807, 2.05) is 18.2 Å². The minimum atomic E-state index is -0.215. The van der Waals surface area contributed by atoms with Gasteiger partial charge in [-0.25, -0.2) is 0 Å². The van der Waals surface area contributed by atoms with Crippen molar-refractivity contribution in [2.75, 3.05) is 0 Å². The number of hydrogen-bond acceptors (Lipinski definition) is 3. The van der Waals surface area contributed by atoms with Crippen LogP contribution in [-0.2, 0) is 24.2 Å². The Kier molecular flexibility index (Phi) is 4.85. The Labute approximate surface area is 150 Å². The topological polar surface area (TPSA) is 35.5 Å². The second kappa shape index (κ2) is 6.91. The molecule has 1 aliphatic heterocycles. The lowest BCUT2D eigenvalue weighted by molar-refractivity contribution is -0.107. The smallest absolute Gasteiger partial charge is 0.127 e. The Morgan fingerprint density at radius 1 is 1.16 bits per heavy atom. The Balaban J connectivity index is 1.99. The third-order valence-electron chi connectivity index (χ3n) is 4.85. The minimum Gasteiger partial charge on any atom is -0.488 e. The molecule has 0 N–H and O–H groups in total. The zero-order chi connectivity index (χ0) is 18.0. The lowest BCUT2D eigenvalue weighted by Crippen LogP contribution is -2.25. The second-order valence-electron chi connectivity index (χ2n) is 7.38. The SMILES string of the molecule is Cc1c(CCC=O)c2c(c(C)c1OCc1ccccc1)CC(C)(C)O2. The molecule has 0 amide bonds. The maximum Gasteiger partial charge on any atom is 0.127 e. The van der Waals surface area contributed by atoms with E-state index in [0.29, 0.717) is 19.4 Å². The summed E-state index contributed by atoms with van der Waals surface area (Å²) in [5.74, 6) is 1.90. The van der Waals surface area contributed by atoms with Crippen LogP contribution in [-0.4, -0.2) is 11.9 Å². The zero-order valence-corrected chi connectivity index (χ0v) is 15.5. The molecule has 3 nitrogen and oxygen atoms in total. The van der Waals surface area contributed by atoms with E-state index < -0.39 is 0 Å². The summed E-state index contributed by atoms with van der Waals surface area (Å²) in [6.45, 7) is 8.94. The van der Waals surface area contributed by atoms with Crippen molar-refractivity contribution >= 4 is 6.29 Å². The van der Waals surface area contributed by atoms with Gasteiger partial charge in [0.2, 0.25) is 0 Å². The summed E-state index contributed by atoms with van der Waals surface area (Å²) in [5, 5.41) is 0. The summed E-state index contributed by atoms with van der Waals surface area (Å²) in [5.41, 5.74) is 5.51. The van der Waals surface area contributed by atoms with Crippen molar-refractivity contribution in [3.8, 4) is 11.5 Å². The van der Waals surface area contributed by atoms with Gasteiger partial charge in [-0.15, -0.1) is 0 Å². The number of fused-ring (bicyclic) bond motifs is 1. The molecule has 0 aliphatic carbocycles. The third kappa shape index (κ3) is 3.55. The Morgan fingerprint density at radius 3 is 2.56 bits per heavy atom. The number of benzene rings is 2. The highest BCUT2D eigenvalue weighted by Gasteiger charge is 2.35. The van der Waals surface area contributed by atoms with E-state index in [1.54, 1.807) is 0 Å². The van der Waals surface area contributed by atoms with Crippen molar-refractivity contribution in [2.24, 2.45) is 0 Å². The largest absolute Gasteiger partial charge is 0.488 e. The van der Waals surface area contributed by atoms with Crippen LogP contribution in [0.3, 0.4) is 0 Å². The van der Waals surface area contributed by atoms with E-state index in [1.165, 1.54) is 5.56 Å². The summed E-state index contributed by atoms with van der Waals surface area (Å²) in [4.78, 5) is 10.9. The van der Waals surface area contributed by atoms with E-state index >= 15 is 0 Å². The average Bonchev–Trinajstić information content (AvgIpc) is 2.91. The van der Waals surface area contributed by atoms with Crippen LogP contribution in [0, 0.1) is 13.8 Å². The molecule has 0 bridgehead atoms. The molecule has 0 aromatic heterocycles. The number of aldehydes is 1. The first-order valence-corrected chi connectivity index (χ1v) is 8.87. The van der Waals surface area contributed by atoms with E-state index in [-0.39, 0.29) is 5.60 Å². The van der Waals surface area contributed by atoms with Crippen LogP contribution in [0.2, 0.25) is 0 Å². The molecule has 0 atom stereocenters. The number of hydrogen-bond donors (Lipinski definition) is 0. The monoisotopic (exact) mass is 338 g/mol. The van der Waals surface area contributed by atoms with E-state index in [4.69, 9.17) is 9.47 Å². The average molecular weight is 338 g/mol. The van der Waals surface area contributed by atoms with Gasteiger partial charge in [0.1, 0.15) is 30.0 Å². The normalized spacial score (nSPS) is 14.7. The molecule has 132 valence electrons. The molecule has 0 spiro atoms. The second-order valence-corrected chi connectivity index (χ2v) is 7.38. The molecule has 3 rings (SSSR count). The van der Waals surface area contributed by atoms with Crippen molar-refractivity contribution < 1.29 is 14.3 Å². The van der Waals surface area contributed by atoms with Gasteiger partial charge in [-0.3, -0.25) is 0 Å². The Hall–Kier alpha value is -2.29. The van der Waals surface area contributed by atoms with Gasteiger partial charge in [-0.05, 0) is 50.8 Å². The lowest BCUT2D eigenvalue weighted by atomic mass is 9.91. The fraction of sp³-hybridized carbons (Fsp3) is 0.409. The van der Waals surface area contributed by atoms with Gasteiger partial charge in [-0.2, -0.15) is 0 Å². The molecule has 1 aliphatic rings. The molecule has 0 radical (unpaired) electrons. The Bertz CT molecular complexity index is 776. The van der Waals surface area contributed by atoms with E-state index in [0.717, 1.165) is 46.5 Å². The first-order valence-electron chi connectivity index (χ1n) is 8.87. The number of rotatable bonds is 6. The molecule has 0 saturated heterocycles. The molecule has 25 heavy (non-hydrogen) atoms. The van der Waals surface area contributed by atoms with Crippen LogP contribution in [0.25, 0.3) is 0 Å². The lowest BCUT2D eigenvalue weighted by Gasteiger charge is -2.20. The maximum atomic E-state index is 10.9. The van der Waals surface area contributed by atoms with Crippen LogP contribution in [0.15, 0.2) is 30.3 Å². The molecule has 0 unspecified atom stereocenters. The highest BCUT2D eigenvalue weighted by Crippen LogP contribution is 2.46. The molecule has 2 aromatic carbocycles. The first-order chi connectivity index (χ1) is 11.9. The third-order valence-corrected chi connectivity index (χ3v) is 4.85. The summed E-state index contributed by atoms with van der Waals surface area (Å²) in [6, 6.07) is 10.2. The van der Waals surface area contributed by atoms with Gasteiger partial charge < -0.3 is 14.3 Å². The minimum absolute atomic E-state index is 0.215. The standard InChI is InChI=1S/C22H26O3/c1-15-18(11-8-12-23)21-19(13-22(3,4)25-21)16(2)20(15)24-14-17-9-6-5-7-10-17/h5-7,9-10,12H,8,11,13-14H2,1-4H3. The number of ether oxygens (including phenoxy) is 2. The van der Waals surface area contributed by atoms with Crippen molar-refractivity contribution in [1.82, 2.24) is 0 Å². The molecular formula is C22H26O3. The quantitative estimate of drug-likeness (QED) is 0.715. The van der Waals surface area contributed by atoms with Gasteiger partial charge in [0, 0.05) is 24.0 Å². The highest BCUT2D eigenvalue weighted by molar-refractivity contribution is 5.62. The molecule has 3 heteroatoms. The van der Waals surface area contributed by atoms with Crippen molar-refractivity contribution in [2.45, 2.75) is 59.2 Å². The fourth-order valence-corrected chi connectivity index (χ4v) is 3.60. The summed E-state index contributed by atoms with van der Waals surface area (Å²) < 4.78 is 12.5. The van der Waals surface area contributed by atoms with Gasteiger partial charge in [-0.1, -0.05) is 30.3 Å². The van der Waals surface area contributed by atoms with Gasteiger partial charge in [0.05, 0.1) is 0 Å². The molecule has 2 aromatic rings. The predicted octanol–water partition coefficient (Wildman–Crippen LogP) is 4.73. The van der Waals surface area contributed by atoms with Crippen LogP contribution in [0.4, 0.5) is 0 Å². The predicted molar refractivity (Wildman–Crippen MR) is 99.5 cm³/mol. The van der Waals surface area contributed by atoms with Crippen molar-refractivity contribution in [3.05, 3.63) is 58.1 Å². The molecular weight excluding hydrogens is 312 g/mol. The number of carbonyl (C=O) groups excluding carboxylic acids is 1. The molecule has 0 saturated carbocycles. The van der Waals surface area contributed by atoms with Crippen LogP contribution >= 0.6 is 0 Å². The summed E-state index contributed by atoms with van der Waals surface area (Å²) >= 11 is 0. The summed E-state index contributed by atoms with van der Waals surface area (Å²) in [6.07, 6.45) is 3.02. The number of carbonyl (C=O) groups is 1. The van der Waals surface area contributed by atoms with Gasteiger partial charge in [0.15, 0.2) is 0 Å². The van der Waals surface area contributed by atoms with Crippen molar-refractivity contribution in [1.29, 1.82) is 0 Å². The van der Waals surface area contributed by atoms with Gasteiger partial charge in [0.25, 0.3) is 0 Å². The summed E-state index contributed by atoms with van der Waals surface area (Å²) in [7, 11) is 0. The van der Waals surface area contributed by atoms with E-state index in [9.17, 15) is 4.79 Å². The van der Waals surface area contributed by atoms with Crippen LogP contribution < -0.4 is 9.47 Å². The fourth-order valence-electron chi connectivity index (χ4n) is 3.60. The Morgan fingerprint density at radius 2 is 1.88 bits per heavy atom. The maximum absolute atomic E-state index is 10.9. The zero-order valence-electron chi connectivity index (χ0n) is 15.5. The molecule has 1 heterocycles. The highest BCUT2D eigenvalue weighted by atomic mass is 16.5.